The average molecular weight is 259 g/mol. The summed E-state index contributed by atoms with van der Waals surface area (Å²) in [7, 11) is 3.05. The number of hydrogen-bond acceptors (Lipinski definition) is 5. The number of methoxy groups -OCH3 is 1. The first-order valence-electron chi connectivity index (χ1n) is 5.95. The van der Waals surface area contributed by atoms with E-state index < -0.39 is 6.04 Å². The Bertz CT molecular complexity index is 294. The summed E-state index contributed by atoms with van der Waals surface area (Å²) in [4.78, 5) is 25.3. The van der Waals surface area contributed by atoms with E-state index in [1.807, 2.05) is 0 Å². The van der Waals surface area contributed by atoms with Gasteiger partial charge in [-0.2, -0.15) is 0 Å². The SMILES string of the molecule is CNC(=O)C1COCCN1C(=O)CC(CN)OC. The molecule has 7 heteroatoms. The van der Waals surface area contributed by atoms with E-state index in [-0.39, 0.29) is 37.5 Å². The largest absolute Gasteiger partial charge is 0.380 e. The van der Waals surface area contributed by atoms with Crippen molar-refractivity contribution in [3.8, 4) is 0 Å². The molecule has 0 spiro atoms. The molecule has 0 bridgehead atoms. The lowest BCUT2D eigenvalue weighted by molar-refractivity contribution is -0.149. The second-order valence-electron chi connectivity index (χ2n) is 4.09. The molecule has 1 rings (SSSR count). The average Bonchev–Trinajstić information content (AvgIpc) is 2.43. The van der Waals surface area contributed by atoms with E-state index >= 15 is 0 Å². The number of amides is 2. The quantitative estimate of drug-likeness (QED) is 0.615. The first-order chi connectivity index (χ1) is 8.63. The van der Waals surface area contributed by atoms with Crippen molar-refractivity contribution in [2.75, 3.05) is 40.5 Å². The molecule has 1 saturated heterocycles. The molecule has 7 nitrogen and oxygen atoms in total. The van der Waals surface area contributed by atoms with Crippen molar-refractivity contribution in [2.45, 2.75) is 18.6 Å². The fourth-order valence-electron chi connectivity index (χ4n) is 1.86. The highest BCUT2D eigenvalue weighted by Gasteiger charge is 2.32. The Morgan fingerprint density at radius 2 is 2.33 bits per heavy atom. The lowest BCUT2D eigenvalue weighted by atomic mass is 10.1. The monoisotopic (exact) mass is 259 g/mol. The zero-order valence-corrected chi connectivity index (χ0v) is 10.8. The van der Waals surface area contributed by atoms with Crippen LogP contribution in [0, 0.1) is 0 Å². The van der Waals surface area contributed by atoms with Crippen molar-refractivity contribution in [3.63, 3.8) is 0 Å². The van der Waals surface area contributed by atoms with E-state index in [9.17, 15) is 9.59 Å². The Morgan fingerprint density at radius 1 is 1.61 bits per heavy atom. The number of morpholine rings is 1. The molecule has 2 atom stereocenters. The molecule has 3 N–H and O–H groups in total. The number of nitrogens with one attached hydrogen (secondary N) is 1. The highest BCUT2D eigenvalue weighted by atomic mass is 16.5. The van der Waals surface area contributed by atoms with Crippen molar-refractivity contribution in [1.29, 1.82) is 0 Å². The lowest BCUT2D eigenvalue weighted by Gasteiger charge is -2.35. The van der Waals surface area contributed by atoms with Crippen LogP contribution in [0.5, 0.6) is 0 Å². The molecule has 1 fully saturated rings. The molecule has 1 aliphatic heterocycles. The van der Waals surface area contributed by atoms with Gasteiger partial charge in [0.25, 0.3) is 0 Å². The standard InChI is InChI=1S/C11H21N3O4/c1-13-11(16)9-7-18-4-3-14(9)10(15)5-8(6-12)17-2/h8-9H,3-7,12H2,1-2H3,(H,13,16). The molecule has 0 aromatic heterocycles. The van der Waals surface area contributed by atoms with Crippen LogP contribution in [0.25, 0.3) is 0 Å². The van der Waals surface area contributed by atoms with Crippen molar-refractivity contribution in [2.24, 2.45) is 5.73 Å². The maximum Gasteiger partial charge on any atom is 0.244 e. The molecular weight excluding hydrogens is 238 g/mol. The highest BCUT2D eigenvalue weighted by molar-refractivity contribution is 5.88. The molecule has 1 heterocycles. The third-order valence-electron chi connectivity index (χ3n) is 3.00. The van der Waals surface area contributed by atoms with Crippen molar-refractivity contribution < 1.29 is 19.1 Å². The fraction of sp³-hybridized carbons (Fsp3) is 0.818. The smallest absolute Gasteiger partial charge is 0.244 e. The topological polar surface area (TPSA) is 93.9 Å². The van der Waals surface area contributed by atoms with E-state index in [1.165, 1.54) is 19.1 Å². The molecule has 0 aliphatic carbocycles. The summed E-state index contributed by atoms with van der Waals surface area (Å²) >= 11 is 0. The van der Waals surface area contributed by atoms with Gasteiger partial charge >= 0.3 is 0 Å². The third-order valence-corrected chi connectivity index (χ3v) is 3.00. The molecule has 2 unspecified atom stereocenters. The Kier molecular flexibility index (Phi) is 6.03. The molecule has 0 radical (unpaired) electrons. The Hall–Kier alpha value is -1.18. The van der Waals surface area contributed by atoms with Crippen LogP contribution in [-0.4, -0.2) is 69.3 Å². The summed E-state index contributed by atoms with van der Waals surface area (Å²) < 4.78 is 10.3. The van der Waals surface area contributed by atoms with Crippen LogP contribution < -0.4 is 11.1 Å². The van der Waals surface area contributed by atoms with Gasteiger partial charge in [0, 0.05) is 27.2 Å². The van der Waals surface area contributed by atoms with Crippen LogP contribution >= 0.6 is 0 Å². The van der Waals surface area contributed by atoms with Crippen molar-refractivity contribution in [3.05, 3.63) is 0 Å². The van der Waals surface area contributed by atoms with Gasteiger partial charge in [0.15, 0.2) is 0 Å². The number of ether oxygens (including phenoxy) is 2. The van der Waals surface area contributed by atoms with Crippen molar-refractivity contribution >= 4 is 11.8 Å². The number of hydrogen-bond donors (Lipinski definition) is 2. The third kappa shape index (κ3) is 3.66. The van der Waals surface area contributed by atoms with E-state index in [1.54, 1.807) is 0 Å². The molecule has 2 amide bonds. The Morgan fingerprint density at radius 3 is 2.89 bits per heavy atom. The summed E-state index contributed by atoms with van der Waals surface area (Å²) in [6.45, 7) is 1.36. The number of nitrogens with zero attached hydrogens (tertiary/aromatic N) is 1. The van der Waals surface area contributed by atoms with Crippen LogP contribution in [-0.2, 0) is 19.1 Å². The minimum Gasteiger partial charge on any atom is -0.380 e. The van der Waals surface area contributed by atoms with E-state index in [4.69, 9.17) is 15.2 Å². The normalized spacial score (nSPS) is 21.5. The minimum atomic E-state index is -0.563. The van der Waals surface area contributed by atoms with Gasteiger partial charge in [-0.15, -0.1) is 0 Å². The number of carbonyl (C=O) groups is 2. The maximum absolute atomic E-state index is 12.1. The summed E-state index contributed by atoms with van der Waals surface area (Å²) in [5, 5.41) is 2.53. The molecule has 0 aromatic rings. The first kappa shape index (κ1) is 14.9. The molecular formula is C11H21N3O4. The fourth-order valence-corrected chi connectivity index (χ4v) is 1.86. The molecule has 104 valence electrons. The molecule has 0 aromatic carbocycles. The summed E-state index contributed by atoms with van der Waals surface area (Å²) in [5.41, 5.74) is 5.48. The van der Waals surface area contributed by atoms with Gasteiger partial charge in [-0.3, -0.25) is 9.59 Å². The van der Waals surface area contributed by atoms with Gasteiger partial charge in [0.1, 0.15) is 6.04 Å². The number of nitrogens with two attached hydrogens (primary N) is 1. The maximum atomic E-state index is 12.1. The van der Waals surface area contributed by atoms with Gasteiger partial charge in [0.2, 0.25) is 11.8 Å². The van der Waals surface area contributed by atoms with Gasteiger partial charge in [0.05, 0.1) is 25.7 Å². The Balaban J connectivity index is 2.65. The van der Waals surface area contributed by atoms with E-state index in [0.29, 0.717) is 13.2 Å². The van der Waals surface area contributed by atoms with Crippen LogP contribution in [0.3, 0.4) is 0 Å². The van der Waals surface area contributed by atoms with E-state index in [2.05, 4.69) is 5.32 Å². The zero-order valence-electron chi connectivity index (χ0n) is 10.8. The first-order valence-corrected chi connectivity index (χ1v) is 5.95. The summed E-state index contributed by atoms with van der Waals surface area (Å²) in [5.74, 6) is -0.353. The predicted molar refractivity (Wildman–Crippen MR) is 64.9 cm³/mol. The molecule has 0 saturated carbocycles. The van der Waals surface area contributed by atoms with Gasteiger partial charge < -0.3 is 25.4 Å². The van der Waals surface area contributed by atoms with Crippen molar-refractivity contribution in [1.82, 2.24) is 10.2 Å². The summed E-state index contributed by atoms with van der Waals surface area (Å²) in [6.07, 6.45) is -0.133. The summed E-state index contributed by atoms with van der Waals surface area (Å²) in [6, 6.07) is -0.563. The number of carbonyl (C=O) groups excluding carboxylic acids is 2. The zero-order chi connectivity index (χ0) is 13.5. The molecule has 1 aliphatic rings. The minimum absolute atomic E-state index is 0.135. The van der Waals surface area contributed by atoms with Crippen LogP contribution in [0.4, 0.5) is 0 Å². The second kappa shape index (κ2) is 7.30. The molecule has 18 heavy (non-hydrogen) atoms. The van der Waals surface area contributed by atoms with Crippen LogP contribution in [0.15, 0.2) is 0 Å². The number of rotatable bonds is 5. The highest BCUT2D eigenvalue weighted by Crippen LogP contribution is 2.11. The van der Waals surface area contributed by atoms with Gasteiger partial charge in [-0.1, -0.05) is 0 Å². The van der Waals surface area contributed by atoms with Gasteiger partial charge in [-0.25, -0.2) is 0 Å². The van der Waals surface area contributed by atoms with Crippen LogP contribution in [0.2, 0.25) is 0 Å². The predicted octanol–water partition coefficient (Wildman–Crippen LogP) is -1.68. The van der Waals surface area contributed by atoms with E-state index in [0.717, 1.165) is 0 Å². The lowest BCUT2D eigenvalue weighted by Crippen LogP contribution is -2.56. The second-order valence-corrected chi connectivity index (χ2v) is 4.09. The Labute approximate surface area is 107 Å². The number of likely N-dealkylation sites (N-methyl/N-ethyl adjacent to an activating group) is 1. The van der Waals surface area contributed by atoms with Crippen LogP contribution in [0.1, 0.15) is 6.42 Å². The van der Waals surface area contributed by atoms with Gasteiger partial charge in [-0.05, 0) is 0 Å².